The van der Waals surface area contributed by atoms with E-state index in [-0.39, 0.29) is 0 Å². The molecule has 0 spiro atoms. The van der Waals surface area contributed by atoms with Crippen LogP contribution in [0.25, 0.3) is 0 Å². The van der Waals surface area contributed by atoms with Crippen molar-refractivity contribution in [3.8, 4) is 11.5 Å². The minimum absolute atomic E-state index is 0.336. The van der Waals surface area contributed by atoms with Gasteiger partial charge in [0.25, 0.3) is 0 Å². The number of nitrogens with zero attached hydrogens (tertiary/aromatic N) is 1. The van der Waals surface area contributed by atoms with Crippen LogP contribution in [0.15, 0.2) is 18.2 Å². The summed E-state index contributed by atoms with van der Waals surface area (Å²) in [6, 6.07) is 6.58. The van der Waals surface area contributed by atoms with Gasteiger partial charge in [-0.1, -0.05) is 0 Å². The molecular formula is C15H22N2O2. The highest BCUT2D eigenvalue weighted by Gasteiger charge is 2.21. The predicted octanol–water partition coefficient (Wildman–Crippen LogP) is 2.37. The van der Waals surface area contributed by atoms with Crippen molar-refractivity contribution in [2.45, 2.75) is 31.7 Å². The Morgan fingerprint density at radius 3 is 2.68 bits per heavy atom. The minimum atomic E-state index is 0.336. The Kier molecular flexibility index (Phi) is 3.51. The number of fused-ring (bicyclic) bond motifs is 1. The molecule has 1 aromatic rings. The zero-order valence-corrected chi connectivity index (χ0v) is 11.5. The van der Waals surface area contributed by atoms with Crippen LogP contribution in [0, 0.1) is 5.92 Å². The van der Waals surface area contributed by atoms with Gasteiger partial charge in [-0.25, -0.2) is 0 Å². The second-order valence-corrected chi connectivity index (χ2v) is 5.70. The molecule has 19 heavy (non-hydrogen) atoms. The van der Waals surface area contributed by atoms with Gasteiger partial charge in [-0.2, -0.15) is 0 Å². The van der Waals surface area contributed by atoms with Crippen LogP contribution in [-0.2, 0) is 0 Å². The first-order valence-electron chi connectivity index (χ1n) is 7.09. The molecule has 1 saturated carbocycles. The first-order chi connectivity index (χ1) is 9.22. The van der Waals surface area contributed by atoms with Crippen molar-refractivity contribution in [1.82, 2.24) is 0 Å². The Morgan fingerprint density at radius 2 is 1.89 bits per heavy atom. The van der Waals surface area contributed by atoms with Crippen LogP contribution in [-0.4, -0.2) is 26.4 Å². The number of ether oxygens (including phenoxy) is 2. The van der Waals surface area contributed by atoms with Crippen molar-refractivity contribution in [2.75, 3.05) is 25.3 Å². The quantitative estimate of drug-likeness (QED) is 0.908. The Morgan fingerprint density at radius 1 is 1.16 bits per heavy atom. The van der Waals surface area contributed by atoms with Gasteiger partial charge in [-0.05, 0) is 43.7 Å². The standard InChI is InChI=1S/C15H22N2O2/c1-17(9-11-2-4-12(16)5-3-11)13-6-7-14-15(8-13)19-10-18-14/h6-8,11-12H,2-5,9-10,16H2,1H3. The van der Waals surface area contributed by atoms with Crippen LogP contribution in [0.5, 0.6) is 11.5 Å². The molecule has 104 valence electrons. The fourth-order valence-corrected chi connectivity index (χ4v) is 2.99. The first kappa shape index (κ1) is 12.6. The van der Waals surface area contributed by atoms with Gasteiger partial charge >= 0.3 is 0 Å². The van der Waals surface area contributed by atoms with Gasteiger partial charge in [-0.3, -0.25) is 0 Å². The van der Waals surface area contributed by atoms with Gasteiger partial charge in [-0.15, -0.1) is 0 Å². The van der Waals surface area contributed by atoms with Crippen LogP contribution in [0.3, 0.4) is 0 Å². The second kappa shape index (κ2) is 5.29. The minimum Gasteiger partial charge on any atom is -0.454 e. The molecule has 4 heteroatoms. The second-order valence-electron chi connectivity index (χ2n) is 5.70. The summed E-state index contributed by atoms with van der Waals surface area (Å²) in [6.45, 7) is 1.43. The van der Waals surface area contributed by atoms with Crippen LogP contribution in [0.4, 0.5) is 5.69 Å². The number of hydrogen-bond acceptors (Lipinski definition) is 4. The lowest BCUT2D eigenvalue weighted by Gasteiger charge is -2.30. The Labute approximate surface area is 114 Å². The molecule has 0 bridgehead atoms. The summed E-state index contributed by atoms with van der Waals surface area (Å²) in [5.41, 5.74) is 7.15. The highest BCUT2D eigenvalue weighted by Crippen LogP contribution is 2.35. The molecule has 2 N–H and O–H groups in total. The maximum absolute atomic E-state index is 5.96. The normalized spacial score (nSPS) is 25.4. The van der Waals surface area contributed by atoms with Gasteiger partial charge in [0.15, 0.2) is 11.5 Å². The summed E-state index contributed by atoms with van der Waals surface area (Å²) in [5, 5.41) is 0. The summed E-state index contributed by atoms with van der Waals surface area (Å²) in [7, 11) is 2.14. The summed E-state index contributed by atoms with van der Waals surface area (Å²) in [4.78, 5) is 2.31. The van der Waals surface area contributed by atoms with Gasteiger partial charge in [0.1, 0.15) is 0 Å². The van der Waals surface area contributed by atoms with Crippen molar-refractivity contribution in [1.29, 1.82) is 0 Å². The lowest BCUT2D eigenvalue weighted by Crippen LogP contribution is -2.32. The molecule has 1 aromatic carbocycles. The van der Waals surface area contributed by atoms with E-state index in [1.165, 1.54) is 31.4 Å². The van der Waals surface area contributed by atoms with Crippen molar-refractivity contribution >= 4 is 5.69 Å². The average Bonchev–Trinajstić information content (AvgIpc) is 2.88. The number of benzene rings is 1. The largest absolute Gasteiger partial charge is 0.454 e. The van der Waals surface area contributed by atoms with Gasteiger partial charge in [0.05, 0.1) is 0 Å². The lowest BCUT2D eigenvalue weighted by molar-refractivity contribution is 0.174. The molecule has 0 aromatic heterocycles. The highest BCUT2D eigenvalue weighted by molar-refractivity contribution is 5.56. The van der Waals surface area contributed by atoms with E-state index in [2.05, 4.69) is 24.1 Å². The summed E-state index contributed by atoms with van der Waals surface area (Å²) in [5.74, 6) is 2.46. The fourth-order valence-electron chi connectivity index (χ4n) is 2.99. The molecule has 1 aliphatic heterocycles. The third-order valence-corrected chi connectivity index (χ3v) is 4.22. The summed E-state index contributed by atoms with van der Waals surface area (Å²) >= 11 is 0. The van der Waals surface area contributed by atoms with Gasteiger partial charge in [0, 0.05) is 31.4 Å². The predicted molar refractivity (Wildman–Crippen MR) is 75.8 cm³/mol. The molecule has 0 radical (unpaired) electrons. The zero-order chi connectivity index (χ0) is 13.2. The lowest BCUT2D eigenvalue weighted by atomic mass is 9.86. The maximum atomic E-state index is 5.96. The first-order valence-corrected chi connectivity index (χ1v) is 7.09. The van der Waals surface area contributed by atoms with E-state index < -0.39 is 0 Å². The molecule has 0 saturated heterocycles. The van der Waals surface area contributed by atoms with Crippen molar-refractivity contribution in [3.63, 3.8) is 0 Å². The number of hydrogen-bond donors (Lipinski definition) is 1. The van der Waals surface area contributed by atoms with Crippen molar-refractivity contribution < 1.29 is 9.47 Å². The topological polar surface area (TPSA) is 47.7 Å². The molecule has 0 unspecified atom stereocenters. The smallest absolute Gasteiger partial charge is 0.231 e. The van der Waals surface area contributed by atoms with Crippen LogP contribution in [0.2, 0.25) is 0 Å². The Bertz CT molecular complexity index is 442. The number of rotatable bonds is 3. The van der Waals surface area contributed by atoms with E-state index in [0.29, 0.717) is 12.8 Å². The molecule has 2 aliphatic rings. The van der Waals surface area contributed by atoms with Gasteiger partial charge in [0.2, 0.25) is 6.79 Å². The van der Waals surface area contributed by atoms with Crippen LogP contribution in [0.1, 0.15) is 25.7 Å². The molecule has 3 rings (SSSR count). The monoisotopic (exact) mass is 262 g/mol. The molecule has 0 amide bonds. The number of anilines is 1. The van der Waals surface area contributed by atoms with Gasteiger partial charge < -0.3 is 20.1 Å². The van der Waals surface area contributed by atoms with Crippen LogP contribution >= 0.6 is 0 Å². The van der Waals surface area contributed by atoms with E-state index in [1.807, 2.05) is 6.07 Å². The molecule has 1 aliphatic carbocycles. The molecule has 1 heterocycles. The summed E-state index contributed by atoms with van der Waals surface area (Å²) < 4.78 is 10.8. The van der Waals surface area contributed by atoms with Crippen LogP contribution < -0.4 is 20.1 Å². The van der Waals surface area contributed by atoms with E-state index >= 15 is 0 Å². The van der Waals surface area contributed by atoms with E-state index in [1.54, 1.807) is 0 Å². The fraction of sp³-hybridized carbons (Fsp3) is 0.600. The number of nitrogens with two attached hydrogens (primary N) is 1. The average molecular weight is 262 g/mol. The van der Waals surface area contributed by atoms with E-state index in [0.717, 1.165) is 24.0 Å². The van der Waals surface area contributed by atoms with E-state index in [9.17, 15) is 0 Å². The molecular weight excluding hydrogens is 240 g/mol. The SMILES string of the molecule is CN(CC1CCC(N)CC1)c1ccc2c(c1)OCO2. The maximum Gasteiger partial charge on any atom is 0.231 e. The van der Waals surface area contributed by atoms with Crippen molar-refractivity contribution in [2.24, 2.45) is 11.7 Å². The third-order valence-electron chi connectivity index (χ3n) is 4.22. The molecule has 0 atom stereocenters. The Hall–Kier alpha value is -1.42. The Balaban J connectivity index is 1.62. The van der Waals surface area contributed by atoms with Crippen molar-refractivity contribution in [3.05, 3.63) is 18.2 Å². The third kappa shape index (κ3) is 2.78. The zero-order valence-electron chi connectivity index (χ0n) is 11.5. The molecule has 4 nitrogen and oxygen atoms in total. The molecule has 1 fully saturated rings. The van der Waals surface area contributed by atoms with E-state index in [4.69, 9.17) is 15.2 Å². The highest BCUT2D eigenvalue weighted by atomic mass is 16.7. The summed E-state index contributed by atoms with van der Waals surface area (Å²) in [6.07, 6.45) is 4.82.